The van der Waals surface area contributed by atoms with Crippen molar-refractivity contribution >= 4 is 5.97 Å². The van der Waals surface area contributed by atoms with Crippen LogP contribution < -0.4 is 0 Å². The molecule has 0 saturated carbocycles. The van der Waals surface area contributed by atoms with Gasteiger partial charge in [0.1, 0.15) is 5.82 Å². The number of hydrogen-bond donors (Lipinski definition) is 1. The molecule has 76 valence electrons. The summed E-state index contributed by atoms with van der Waals surface area (Å²) in [7, 11) is 0. The number of aromatic nitrogens is 2. The maximum absolute atomic E-state index is 10.6. The van der Waals surface area contributed by atoms with E-state index in [1.807, 2.05) is 13.0 Å². The highest BCUT2D eigenvalue weighted by Crippen LogP contribution is 2.04. The van der Waals surface area contributed by atoms with E-state index in [1.165, 1.54) is 0 Å². The van der Waals surface area contributed by atoms with Crippen molar-refractivity contribution in [3.63, 3.8) is 0 Å². The number of aliphatic carboxylic acids is 1. The molecule has 1 unspecified atom stereocenters. The van der Waals surface area contributed by atoms with Crippen LogP contribution in [0.4, 0.5) is 0 Å². The van der Waals surface area contributed by atoms with Crippen molar-refractivity contribution in [2.75, 3.05) is 0 Å². The molecular formula is C10H14N2O2. The number of carboxylic acids is 1. The average molecular weight is 194 g/mol. The van der Waals surface area contributed by atoms with Crippen LogP contribution in [0.5, 0.6) is 0 Å². The molecule has 4 nitrogen and oxygen atoms in total. The van der Waals surface area contributed by atoms with Gasteiger partial charge in [-0.05, 0) is 12.5 Å². The van der Waals surface area contributed by atoms with Crippen LogP contribution in [0.2, 0.25) is 0 Å². The fraction of sp³-hybridized carbons (Fsp3) is 0.500. The van der Waals surface area contributed by atoms with E-state index in [1.54, 1.807) is 13.1 Å². The Bertz CT molecular complexity index is 326. The smallest absolute Gasteiger partial charge is 0.306 e. The van der Waals surface area contributed by atoms with E-state index in [9.17, 15) is 4.79 Å². The largest absolute Gasteiger partial charge is 0.481 e. The molecule has 0 bridgehead atoms. The topological polar surface area (TPSA) is 63.1 Å². The zero-order valence-corrected chi connectivity index (χ0v) is 8.40. The quantitative estimate of drug-likeness (QED) is 0.784. The Balaban J connectivity index is 2.71. The molecule has 0 spiro atoms. The van der Waals surface area contributed by atoms with Gasteiger partial charge in [0, 0.05) is 18.3 Å². The monoisotopic (exact) mass is 194 g/mol. The molecule has 1 aromatic heterocycles. The number of nitrogens with zero attached hydrogens (tertiary/aromatic N) is 2. The van der Waals surface area contributed by atoms with Gasteiger partial charge in [0.25, 0.3) is 0 Å². The normalized spacial score (nSPS) is 12.4. The summed E-state index contributed by atoms with van der Waals surface area (Å²) >= 11 is 0. The summed E-state index contributed by atoms with van der Waals surface area (Å²) in [6.07, 6.45) is 2.91. The van der Waals surface area contributed by atoms with Crippen molar-refractivity contribution in [1.29, 1.82) is 0 Å². The highest BCUT2D eigenvalue weighted by molar-refractivity contribution is 5.69. The van der Waals surface area contributed by atoms with Crippen LogP contribution >= 0.6 is 0 Å². The van der Waals surface area contributed by atoms with E-state index in [2.05, 4.69) is 9.97 Å². The first-order valence-electron chi connectivity index (χ1n) is 4.67. The third-order valence-corrected chi connectivity index (χ3v) is 2.04. The number of carboxylic acid groups (broad SMARTS) is 1. The third-order valence-electron chi connectivity index (χ3n) is 2.04. The first kappa shape index (κ1) is 10.6. The second-order valence-electron chi connectivity index (χ2n) is 3.26. The first-order valence-corrected chi connectivity index (χ1v) is 4.67. The fourth-order valence-corrected chi connectivity index (χ4v) is 1.10. The van der Waals surface area contributed by atoms with E-state index in [4.69, 9.17) is 5.11 Å². The van der Waals surface area contributed by atoms with Crippen molar-refractivity contribution in [1.82, 2.24) is 9.97 Å². The highest BCUT2D eigenvalue weighted by atomic mass is 16.4. The van der Waals surface area contributed by atoms with Crippen LogP contribution in [0.15, 0.2) is 12.3 Å². The van der Waals surface area contributed by atoms with Crippen LogP contribution in [0, 0.1) is 5.92 Å². The van der Waals surface area contributed by atoms with Crippen LogP contribution in [0.1, 0.15) is 25.4 Å². The number of rotatable bonds is 4. The Labute approximate surface area is 83.0 Å². The van der Waals surface area contributed by atoms with Gasteiger partial charge < -0.3 is 5.11 Å². The van der Waals surface area contributed by atoms with Crippen molar-refractivity contribution < 1.29 is 9.90 Å². The SMILES string of the molecule is CCc1ccnc(CC(C)C(=O)O)n1. The summed E-state index contributed by atoms with van der Waals surface area (Å²) in [5.41, 5.74) is 0.951. The maximum atomic E-state index is 10.6. The molecule has 0 amide bonds. The van der Waals surface area contributed by atoms with Gasteiger partial charge in [-0.1, -0.05) is 13.8 Å². The number of aryl methyl sites for hydroxylation is 1. The zero-order valence-electron chi connectivity index (χ0n) is 8.40. The Kier molecular flexibility index (Phi) is 3.56. The van der Waals surface area contributed by atoms with Gasteiger partial charge in [0.05, 0.1) is 5.92 Å². The summed E-state index contributed by atoms with van der Waals surface area (Å²) in [6, 6.07) is 1.84. The summed E-state index contributed by atoms with van der Waals surface area (Å²) in [5.74, 6) is -0.628. The van der Waals surface area contributed by atoms with Crippen LogP contribution in [-0.4, -0.2) is 21.0 Å². The van der Waals surface area contributed by atoms with Gasteiger partial charge >= 0.3 is 5.97 Å². The van der Waals surface area contributed by atoms with Gasteiger partial charge in [-0.3, -0.25) is 4.79 Å². The maximum Gasteiger partial charge on any atom is 0.306 e. The molecule has 0 saturated heterocycles. The minimum absolute atomic E-state index is 0.392. The highest BCUT2D eigenvalue weighted by Gasteiger charge is 2.13. The number of hydrogen-bond acceptors (Lipinski definition) is 3. The van der Waals surface area contributed by atoms with E-state index in [0.717, 1.165) is 12.1 Å². The molecule has 0 aliphatic rings. The van der Waals surface area contributed by atoms with Gasteiger partial charge in [0.2, 0.25) is 0 Å². The molecule has 4 heteroatoms. The minimum Gasteiger partial charge on any atom is -0.481 e. The lowest BCUT2D eigenvalue weighted by molar-refractivity contribution is -0.141. The molecular weight excluding hydrogens is 180 g/mol. The molecule has 1 aromatic rings. The summed E-state index contributed by atoms with van der Waals surface area (Å²) in [5, 5.41) is 8.71. The minimum atomic E-state index is -0.810. The lowest BCUT2D eigenvalue weighted by Crippen LogP contribution is -2.14. The van der Waals surface area contributed by atoms with E-state index >= 15 is 0 Å². The van der Waals surface area contributed by atoms with Crippen molar-refractivity contribution in [3.8, 4) is 0 Å². The number of carbonyl (C=O) groups is 1. The lowest BCUT2D eigenvalue weighted by atomic mass is 10.1. The lowest BCUT2D eigenvalue weighted by Gasteiger charge is -2.05. The molecule has 1 N–H and O–H groups in total. The molecule has 1 atom stereocenters. The van der Waals surface area contributed by atoms with Crippen LogP contribution in [0.25, 0.3) is 0 Å². The standard InChI is InChI=1S/C10H14N2O2/c1-3-8-4-5-11-9(12-8)6-7(2)10(13)14/h4-5,7H,3,6H2,1-2H3,(H,13,14). The Morgan fingerprint density at radius 2 is 2.36 bits per heavy atom. The zero-order chi connectivity index (χ0) is 10.6. The fourth-order valence-electron chi connectivity index (χ4n) is 1.10. The molecule has 0 fully saturated rings. The average Bonchev–Trinajstić information content (AvgIpc) is 2.18. The Morgan fingerprint density at radius 3 is 2.93 bits per heavy atom. The van der Waals surface area contributed by atoms with Gasteiger partial charge in [-0.25, -0.2) is 9.97 Å². The van der Waals surface area contributed by atoms with Crippen LogP contribution in [0.3, 0.4) is 0 Å². The Hall–Kier alpha value is -1.45. The Morgan fingerprint density at radius 1 is 1.64 bits per heavy atom. The second kappa shape index (κ2) is 4.69. The third kappa shape index (κ3) is 2.80. The molecule has 0 aromatic carbocycles. The summed E-state index contributed by atoms with van der Waals surface area (Å²) in [6.45, 7) is 3.66. The first-order chi connectivity index (χ1) is 6.63. The van der Waals surface area contributed by atoms with Crippen LogP contribution in [-0.2, 0) is 17.6 Å². The molecule has 1 rings (SSSR count). The molecule has 14 heavy (non-hydrogen) atoms. The summed E-state index contributed by atoms with van der Waals surface area (Å²) in [4.78, 5) is 18.9. The van der Waals surface area contributed by atoms with Gasteiger partial charge in [-0.15, -0.1) is 0 Å². The van der Waals surface area contributed by atoms with E-state index in [-0.39, 0.29) is 0 Å². The van der Waals surface area contributed by atoms with Gasteiger partial charge in [0.15, 0.2) is 0 Å². The molecule has 0 radical (unpaired) electrons. The predicted molar refractivity (Wildman–Crippen MR) is 51.9 cm³/mol. The molecule has 0 aliphatic heterocycles. The molecule has 1 heterocycles. The predicted octanol–water partition coefficient (Wildman–Crippen LogP) is 1.30. The molecule has 0 aliphatic carbocycles. The van der Waals surface area contributed by atoms with Crippen molar-refractivity contribution in [3.05, 3.63) is 23.8 Å². The van der Waals surface area contributed by atoms with E-state index < -0.39 is 11.9 Å². The second-order valence-corrected chi connectivity index (χ2v) is 3.26. The van der Waals surface area contributed by atoms with Gasteiger partial charge in [-0.2, -0.15) is 0 Å². The van der Waals surface area contributed by atoms with E-state index in [0.29, 0.717) is 12.2 Å². The summed E-state index contributed by atoms with van der Waals surface area (Å²) < 4.78 is 0. The van der Waals surface area contributed by atoms with Crippen molar-refractivity contribution in [2.45, 2.75) is 26.7 Å². The van der Waals surface area contributed by atoms with Crippen molar-refractivity contribution in [2.24, 2.45) is 5.92 Å².